The molecule has 3 rings (SSSR count). The normalized spacial score (nSPS) is 29.4. The van der Waals surface area contributed by atoms with Gasteiger partial charge >= 0.3 is 5.97 Å². The summed E-state index contributed by atoms with van der Waals surface area (Å²) in [6.45, 7) is 2.27. The first kappa shape index (κ1) is 9.70. The molecule has 1 spiro atoms. The summed E-state index contributed by atoms with van der Waals surface area (Å²) in [6, 6.07) is 5.43. The number of aromatic hydroxyl groups is 1. The van der Waals surface area contributed by atoms with E-state index in [0.717, 1.165) is 18.4 Å². The van der Waals surface area contributed by atoms with Crippen LogP contribution in [-0.4, -0.2) is 17.7 Å². The van der Waals surface area contributed by atoms with E-state index >= 15 is 0 Å². The van der Waals surface area contributed by atoms with Crippen LogP contribution in [0.15, 0.2) is 18.2 Å². The highest BCUT2D eigenvalue weighted by Crippen LogP contribution is 2.64. The fraction of sp³-hybridized carbons (Fsp3) is 0.462. The maximum absolute atomic E-state index is 11.6. The van der Waals surface area contributed by atoms with Gasteiger partial charge < -0.3 is 9.84 Å². The molecular weight excluding hydrogens is 204 g/mol. The van der Waals surface area contributed by atoms with Gasteiger partial charge in [0.15, 0.2) is 0 Å². The number of carbonyl (C=O) groups is 1. The van der Waals surface area contributed by atoms with Crippen molar-refractivity contribution in [2.75, 3.05) is 6.61 Å². The van der Waals surface area contributed by atoms with Gasteiger partial charge in [-0.2, -0.15) is 0 Å². The SMILES string of the molecule is CCOC(=O)[C@H]1CC12Cc1ccc(O)cc12. The number of carbonyl (C=O) groups excluding carboxylic acids is 1. The minimum atomic E-state index is -0.0866. The molecule has 2 aliphatic carbocycles. The quantitative estimate of drug-likeness (QED) is 0.769. The minimum absolute atomic E-state index is 0.000324. The molecule has 1 fully saturated rings. The van der Waals surface area contributed by atoms with Crippen LogP contribution in [-0.2, 0) is 21.4 Å². The molecule has 3 nitrogen and oxygen atoms in total. The van der Waals surface area contributed by atoms with Crippen LogP contribution >= 0.6 is 0 Å². The molecule has 0 bridgehead atoms. The number of rotatable bonds is 2. The van der Waals surface area contributed by atoms with Crippen LogP contribution in [0.25, 0.3) is 0 Å². The Morgan fingerprint density at radius 3 is 3.19 bits per heavy atom. The molecule has 0 amide bonds. The van der Waals surface area contributed by atoms with Crippen LogP contribution in [0.4, 0.5) is 0 Å². The summed E-state index contributed by atoms with van der Waals surface area (Å²) in [5.41, 5.74) is 2.40. The third-order valence-corrected chi connectivity index (χ3v) is 3.78. The Morgan fingerprint density at radius 2 is 2.44 bits per heavy atom. The Bertz CT molecular complexity index is 466. The Hall–Kier alpha value is -1.51. The molecule has 2 atom stereocenters. The van der Waals surface area contributed by atoms with Crippen LogP contribution in [0.5, 0.6) is 5.75 Å². The summed E-state index contributed by atoms with van der Waals surface area (Å²) < 4.78 is 5.04. The first-order valence-corrected chi connectivity index (χ1v) is 5.66. The van der Waals surface area contributed by atoms with E-state index < -0.39 is 0 Å². The summed E-state index contributed by atoms with van der Waals surface area (Å²) in [5.74, 6) is 0.213. The summed E-state index contributed by atoms with van der Waals surface area (Å²) in [5, 5.41) is 9.44. The van der Waals surface area contributed by atoms with E-state index in [1.54, 1.807) is 12.1 Å². The molecule has 2 aliphatic rings. The van der Waals surface area contributed by atoms with Gasteiger partial charge in [0.2, 0.25) is 0 Å². The fourth-order valence-corrected chi connectivity index (χ4v) is 2.86. The average Bonchev–Trinajstić information content (AvgIpc) is 2.98. The molecule has 3 heteroatoms. The van der Waals surface area contributed by atoms with E-state index in [2.05, 4.69) is 0 Å². The van der Waals surface area contributed by atoms with Gasteiger partial charge in [-0.25, -0.2) is 0 Å². The zero-order valence-corrected chi connectivity index (χ0v) is 9.19. The highest BCUT2D eigenvalue weighted by atomic mass is 16.5. The van der Waals surface area contributed by atoms with Gasteiger partial charge in [-0.1, -0.05) is 6.07 Å². The molecule has 1 aromatic carbocycles. The van der Waals surface area contributed by atoms with Crippen LogP contribution in [0, 0.1) is 5.92 Å². The number of hydrogen-bond donors (Lipinski definition) is 1. The van der Waals surface area contributed by atoms with E-state index in [0.29, 0.717) is 6.61 Å². The van der Waals surface area contributed by atoms with Crippen molar-refractivity contribution in [1.82, 2.24) is 0 Å². The maximum Gasteiger partial charge on any atom is 0.309 e. The molecule has 1 N–H and O–H groups in total. The molecule has 1 saturated carbocycles. The van der Waals surface area contributed by atoms with Crippen molar-refractivity contribution >= 4 is 5.97 Å². The molecule has 16 heavy (non-hydrogen) atoms. The molecule has 1 unspecified atom stereocenters. The number of ether oxygens (including phenoxy) is 1. The molecular formula is C13H14O3. The predicted octanol–water partition coefficient (Wildman–Crippen LogP) is 1.77. The highest BCUT2D eigenvalue weighted by Gasteiger charge is 2.65. The smallest absolute Gasteiger partial charge is 0.309 e. The standard InChI is InChI=1S/C13H14O3/c1-2-16-12(15)11-7-13(11)6-8-3-4-9(14)5-10(8)13/h3-5,11,14H,2,6-7H2,1H3/t11-,13?/m1/s1. The van der Waals surface area contributed by atoms with Crippen molar-refractivity contribution in [2.45, 2.75) is 25.2 Å². The number of fused-ring (bicyclic) bond motifs is 2. The zero-order valence-electron chi connectivity index (χ0n) is 9.19. The van der Waals surface area contributed by atoms with Crippen molar-refractivity contribution in [3.8, 4) is 5.75 Å². The number of benzene rings is 1. The van der Waals surface area contributed by atoms with Gasteiger partial charge in [0, 0.05) is 5.41 Å². The zero-order chi connectivity index (χ0) is 11.3. The van der Waals surface area contributed by atoms with Crippen LogP contribution < -0.4 is 0 Å². The number of hydrogen-bond acceptors (Lipinski definition) is 3. The summed E-state index contributed by atoms with van der Waals surface area (Å²) in [4.78, 5) is 11.6. The minimum Gasteiger partial charge on any atom is -0.508 e. The van der Waals surface area contributed by atoms with Crippen molar-refractivity contribution in [2.24, 2.45) is 5.92 Å². The monoisotopic (exact) mass is 218 g/mol. The van der Waals surface area contributed by atoms with E-state index in [4.69, 9.17) is 4.74 Å². The summed E-state index contributed by atoms with van der Waals surface area (Å²) >= 11 is 0. The second-order valence-electron chi connectivity index (χ2n) is 4.68. The largest absolute Gasteiger partial charge is 0.508 e. The molecule has 1 aromatic rings. The van der Waals surface area contributed by atoms with Crippen molar-refractivity contribution in [1.29, 1.82) is 0 Å². The van der Waals surface area contributed by atoms with Crippen LogP contribution in [0.2, 0.25) is 0 Å². The van der Waals surface area contributed by atoms with Gasteiger partial charge in [0.05, 0.1) is 12.5 Å². The summed E-state index contributed by atoms with van der Waals surface area (Å²) in [6.07, 6.45) is 1.83. The van der Waals surface area contributed by atoms with Crippen molar-refractivity contribution in [3.63, 3.8) is 0 Å². The number of esters is 1. The Balaban J connectivity index is 1.84. The van der Waals surface area contributed by atoms with Gasteiger partial charge in [0.1, 0.15) is 5.75 Å². The average molecular weight is 218 g/mol. The Labute approximate surface area is 94.0 Å². The second-order valence-corrected chi connectivity index (χ2v) is 4.68. The van der Waals surface area contributed by atoms with E-state index in [9.17, 15) is 9.90 Å². The van der Waals surface area contributed by atoms with E-state index in [-0.39, 0.29) is 23.1 Å². The number of phenols is 1. The van der Waals surface area contributed by atoms with Gasteiger partial charge in [-0.05, 0) is 43.0 Å². The molecule has 0 heterocycles. The van der Waals surface area contributed by atoms with Crippen molar-refractivity contribution in [3.05, 3.63) is 29.3 Å². The lowest BCUT2D eigenvalue weighted by atomic mass is 9.73. The molecule has 0 radical (unpaired) electrons. The topological polar surface area (TPSA) is 46.5 Å². The lowest BCUT2D eigenvalue weighted by molar-refractivity contribution is -0.145. The third kappa shape index (κ3) is 1.11. The van der Waals surface area contributed by atoms with Gasteiger partial charge in [-0.3, -0.25) is 4.79 Å². The number of phenolic OH excluding ortho intramolecular Hbond substituents is 1. The van der Waals surface area contributed by atoms with Gasteiger partial charge in [-0.15, -0.1) is 0 Å². The third-order valence-electron chi connectivity index (χ3n) is 3.78. The lowest BCUT2D eigenvalue weighted by Gasteiger charge is -2.31. The van der Waals surface area contributed by atoms with Gasteiger partial charge in [0.25, 0.3) is 0 Å². The van der Waals surface area contributed by atoms with E-state index in [1.165, 1.54) is 5.56 Å². The highest BCUT2D eigenvalue weighted by molar-refractivity contribution is 5.81. The molecule has 84 valence electrons. The molecule has 0 aromatic heterocycles. The second kappa shape index (κ2) is 3.00. The lowest BCUT2D eigenvalue weighted by Crippen LogP contribution is -2.29. The fourth-order valence-electron chi connectivity index (χ4n) is 2.86. The first-order chi connectivity index (χ1) is 7.67. The maximum atomic E-state index is 11.6. The van der Waals surface area contributed by atoms with Crippen LogP contribution in [0.3, 0.4) is 0 Å². The predicted molar refractivity (Wildman–Crippen MR) is 58.2 cm³/mol. The Morgan fingerprint density at radius 1 is 1.62 bits per heavy atom. The van der Waals surface area contributed by atoms with Crippen LogP contribution in [0.1, 0.15) is 24.5 Å². The summed E-state index contributed by atoms with van der Waals surface area (Å²) in [7, 11) is 0. The Kier molecular flexibility index (Phi) is 1.82. The van der Waals surface area contributed by atoms with Crippen molar-refractivity contribution < 1.29 is 14.6 Å². The molecule has 0 aliphatic heterocycles. The molecule has 0 saturated heterocycles. The first-order valence-electron chi connectivity index (χ1n) is 5.66. The van der Waals surface area contributed by atoms with E-state index in [1.807, 2.05) is 13.0 Å².